The maximum atomic E-state index is 12.0. The van der Waals surface area contributed by atoms with E-state index in [4.69, 9.17) is 40.5 Å². The van der Waals surface area contributed by atoms with Crippen LogP contribution in [0.15, 0.2) is 23.3 Å². The molecule has 0 saturated carbocycles. The Kier molecular flexibility index (Phi) is 5.15. The van der Waals surface area contributed by atoms with Crippen molar-refractivity contribution in [3.63, 3.8) is 0 Å². The molecule has 0 aliphatic rings. The molecule has 1 aromatic heterocycles. The zero-order valence-corrected chi connectivity index (χ0v) is 13.5. The number of aromatic nitrogens is 1. The molecule has 0 saturated heterocycles. The molecule has 0 radical (unpaired) electrons. The molecule has 7 nitrogen and oxygen atoms in total. The van der Waals surface area contributed by atoms with Crippen molar-refractivity contribution in [1.82, 2.24) is 10.4 Å². The van der Waals surface area contributed by atoms with Crippen LogP contribution in [0.1, 0.15) is 16.1 Å². The van der Waals surface area contributed by atoms with Crippen molar-refractivity contribution in [2.24, 2.45) is 5.10 Å². The third kappa shape index (κ3) is 3.76. The van der Waals surface area contributed by atoms with Gasteiger partial charge in [0, 0.05) is 11.6 Å². The van der Waals surface area contributed by atoms with Crippen LogP contribution in [0.4, 0.5) is 5.69 Å². The lowest BCUT2D eigenvalue weighted by Crippen LogP contribution is -2.20. The summed E-state index contributed by atoms with van der Waals surface area (Å²) in [6, 6.07) is 3.88. The molecule has 23 heavy (non-hydrogen) atoms. The van der Waals surface area contributed by atoms with E-state index in [1.54, 1.807) is 0 Å². The number of nitrogens with one attached hydrogen (secondary N) is 1. The number of nitrogen functional groups attached to an aromatic ring is 1. The molecule has 0 unspecified atom stereocenters. The average Bonchev–Trinajstić information content (AvgIpc) is 2.50. The molecule has 1 aromatic carbocycles. The van der Waals surface area contributed by atoms with E-state index < -0.39 is 5.91 Å². The van der Waals surface area contributed by atoms with Crippen molar-refractivity contribution in [1.29, 1.82) is 0 Å². The Bertz CT molecular complexity index is 812. The summed E-state index contributed by atoms with van der Waals surface area (Å²) in [4.78, 5) is 15.7. The maximum Gasteiger partial charge on any atom is 0.291 e. The molecular weight excluding hydrogens is 367 g/mol. The largest absolute Gasteiger partial charge is 0.508 e. The first kappa shape index (κ1) is 17.1. The highest BCUT2D eigenvalue weighted by Crippen LogP contribution is 2.34. The molecule has 5 N–H and O–H groups in total. The number of carbonyl (C=O) groups is 1. The first-order chi connectivity index (χ1) is 10.8. The predicted octanol–water partition coefficient (Wildman–Crippen LogP) is 2.80. The maximum absolute atomic E-state index is 12.0. The third-order valence-electron chi connectivity index (χ3n) is 2.67. The number of carbonyl (C=O) groups excluding carboxylic acids is 1. The van der Waals surface area contributed by atoms with Gasteiger partial charge in [0.15, 0.2) is 10.8 Å². The van der Waals surface area contributed by atoms with E-state index in [0.29, 0.717) is 0 Å². The molecule has 0 spiro atoms. The van der Waals surface area contributed by atoms with Crippen molar-refractivity contribution in [3.8, 4) is 11.5 Å². The highest BCUT2D eigenvalue weighted by Gasteiger charge is 2.19. The van der Waals surface area contributed by atoms with E-state index in [-0.39, 0.29) is 43.6 Å². The molecular formula is C13H9Cl3N4O3. The Balaban J connectivity index is 2.18. The van der Waals surface area contributed by atoms with Crippen LogP contribution in [0.25, 0.3) is 0 Å². The minimum Gasteiger partial charge on any atom is -0.508 e. The molecule has 1 amide bonds. The standard InChI is InChI=1S/C13H9Cl3N4O3/c14-8-10(17)9(15)12(16)19-11(8)13(23)20-18-4-5-1-2-6(21)3-7(5)22/h1-4,21-22H,(H2,17,19)(H,20,23). The van der Waals surface area contributed by atoms with E-state index in [9.17, 15) is 15.0 Å². The van der Waals surface area contributed by atoms with Gasteiger partial charge >= 0.3 is 0 Å². The Morgan fingerprint density at radius 3 is 2.61 bits per heavy atom. The van der Waals surface area contributed by atoms with E-state index in [1.165, 1.54) is 18.3 Å². The number of benzene rings is 1. The molecule has 2 rings (SSSR count). The zero-order valence-electron chi connectivity index (χ0n) is 11.2. The normalized spacial score (nSPS) is 10.9. The summed E-state index contributed by atoms with van der Waals surface area (Å²) in [5, 5.41) is 22.0. The number of phenolic OH excluding ortho intramolecular Hbond substituents is 2. The molecule has 0 fully saturated rings. The van der Waals surface area contributed by atoms with Crippen molar-refractivity contribution >= 4 is 52.6 Å². The van der Waals surface area contributed by atoms with Gasteiger partial charge in [0.2, 0.25) is 0 Å². The second-order valence-electron chi connectivity index (χ2n) is 4.24. The van der Waals surface area contributed by atoms with Crippen LogP contribution in [0.3, 0.4) is 0 Å². The number of aromatic hydroxyl groups is 2. The van der Waals surface area contributed by atoms with Crippen LogP contribution in [-0.4, -0.2) is 27.3 Å². The number of pyridine rings is 1. The number of nitrogens with zero attached hydrogens (tertiary/aromatic N) is 2. The van der Waals surface area contributed by atoms with E-state index in [2.05, 4.69) is 15.5 Å². The quantitative estimate of drug-likeness (QED) is 0.373. The molecule has 2 aromatic rings. The zero-order chi connectivity index (χ0) is 17.1. The van der Waals surface area contributed by atoms with Gasteiger partial charge in [0.05, 0.1) is 16.9 Å². The lowest BCUT2D eigenvalue weighted by atomic mass is 10.2. The SMILES string of the molecule is Nc1c(Cl)c(Cl)nc(C(=O)NN=Cc2ccc(O)cc2O)c1Cl. The van der Waals surface area contributed by atoms with Crippen LogP contribution in [0.2, 0.25) is 15.2 Å². The highest BCUT2D eigenvalue weighted by molar-refractivity contribution is 6.46. The molecule has 1 heterocycles. The van der Waals surface area contributed by atoms with Gasteiger partial charge < -0.3 is 15.9 Å². The van der Waals surface area contributed by atoms with Crippen molar-refractivity contribution in [3.05, 3.63) is 44.7 Å². The minimum atomic E-state index is -0.769. The van der Waals surface area contributed by atoms with Crippen LogP contribution >= 0.6 is 34.8 Å². The fourth-order valence-corrected chi connectivity index (χ4v) is 2.13. The Hall–Kier alpha value is -2.22. The number of amides is 1. The summed E-state index contributed by atoms with van der Waals surface area (Å²) < 4.78 is 0. The van der Waals surface area contributed by atoms with E-state index in [1.807, 2.05) is 0 Å². The first-order valence-electron chi connectivity index (χ1n) is 5.96. The number of nitrogens with two attached hydrogens (primary N) is 1. The Morgan fingerprint density at radius 1 is 1.26 bits per heavy atom. The van der Waals surface area contributed by atoms with Crippen molar-refractivity contribution in [2.75, 3.05) is 5.73 Å². The summed E-state index contributed by atoms with van der Waals surface area (Å²) in [5.41, 5.74) is 7.73. The molecule has 10 heteroatoms. The predicted molar refractivity (Wildman–Crippen MR) is 88.5 cm³/mol. The highest BCUT2D eigenvalue weighted by atomic mass is 35.5. The number of hydrogen-bond donors (Lipinski definition) is 4. The van der Waals surface area contributed by atoms with Gasteiger partial charge in [-0.2, -0.15) is 5.10 Å². The summed E-state index contributed by atoms with van der Waals surface area (Å²) in [6.45, 7) is 0. The number of phenols is 2. The summed E-state index contributed by atoms with van der Waals surface area (Å²) in [6.07, 6.45) is 1.17. The topological polar surface area (TPSA) is 121 Å². The van der Waals surface area contributed by atoms with E-state index in [0.717, 1.165) is 6.07 Å². The second kappa shape index (κ2) is 6.91. The van der Waals surface area contributed by atoms with Gasteiger partial charge in [-0.05, 0) is 12.1 Å². The van der Waals surface area contributed by atoms with Gasteiger partial charge in [-0.3, -0.25) is 4.79 Å². The van der Waals surface area contributed by atoms with Gasteiger partial charge in [-0.1, -0.05) is 34.8 Å². The lowest BCUT2D eigenvalue weighted by Gasteiger charge is -2.07. The summed E-state index contributed by atoms with van der Waals surface area (Å²) in [5.74, 6) is -1.08. The Labute approximate surface area is 145 Å². The van der Waals surface area contributed by atoms with Crippen LogP contribution in [0, 0.1) is 0 Å². The molecule has 0 aliphatic heterocycles. The molecule has 0 aliphatic carbocycles. The number of hydrogen-bond acceptors (Lipinski definition) is 6. The molecule has 0 atom stereocenters. The van der Waals surface area contributed by atoms with Crippen LogP contribution < -0.4 is 11.2 Å². The van der Waals surface area contributed by atoms with Crippen LogP contribution in [-0.2, 0) is 0 Å². The lowest BCUT2D eigenvalue weighted by molar-refractivity contribution is 0.0950. The smallest absolute Gasteiger partial charge is 0.291 e. The first-order valence-corrected chi connectivity index (χ1v) is 7.10. The fourth-order valence-electron chi connectivity index (χ4n) is 1.54. The third-order valence-corrected chi connectivity index (χ3v) is 3.81. The number of anilines is 1. The fraction of sp³-hybridized carbons (Fsp3) is 0. The minimum absolute atomic E-state index is 0.0502. The van der Waals surface area contributed by atoms with Gasteiger partial charge in [-0.25, -0.2) is 10.4 Å². The molecule has 120 valence electrons. The second-order valence-corrected chi connectivity index (χ2v) is 5.35. The molecule has 0 bridgehead atoms. The van der Waals surface area contributed by atoms with Crippen molar-refractivity contribution < 1.29 is 15.0 Å². The summed E-state index contributed by atoms with van der Waals surface area (Å²) >= 11 is 17.4. The van der Waals surface area contributed by atoms with Gasteiger partial charge in [0.25, 0.3) is 5.91 Å². The van der Waals surface area contributed by atoms with Crippen LogP contribution in [0.5, 0.6) is 11.5 Å². The number of rotatable bonds is 3. The number of hydrazone groups is 1. The Morgan fingerprint density at radius 2 is 1.96 bits per heavy atom. The number of halogens is 3. The monoisotopic (exact) mass is 374 g/mol. The average molecular weight is 376 g/mol. The van der Waals surface area contributed by atoms with Gasteiger partial charge in [0.1, 0.15) is 16.5 Å². The van der Waals surface area contributed by atoms with Gasteiger partial charge in [-0.15, -0.1) is 0 Å². The van der Waals surface area contributed by atoms with E-state index >= 15 is 0 Å². The summed E-state index contributed by atoms with van der Waals surface area (Å²) in [7, 11) is 0. The van der Waals surface area contributed by atoms with Crippen molar-refractivity contribution in [2.45, 2.75) is 0 Å².